The number of nitro benzene ring substituents is 1. The van der Waals surface area contributed by atoms with Crippen LogP contribution in [0.15, 0.2) is 60.9 Å². The maximum Gasteiger partial charge on any atom is 0.414 e. The summed E-state index contributed by atoms with van der Waals surface area (Å²) in [6.07, 6.45) is 0.649. The number of non-ortho nitro benzene ring substituents is 1. The van der Waals surface area contributed by atoms with Crippen LogP contribution >= 0.6 is 0 Å². The van der Waals surface area contributed by atoms with Crippen molar-refractivity contribution in [2.45, 2.75) is 26.1 Å². The summed E-state index contributed by atoms with van der Waals surface area (Å²) >= 11 is 0. The number of fused-ring (bicyclic) bond motifs is 1. The smallest absolute Gasteiger partial charge is 0.414 e. The summed E-state index contributed by atoms with van der Waals surface area (Å²) in [5.74, 6) is 0.188. The van der Waals surface area contributed by atoms with E-state index in [0.717, 1.165) is 5.56 Å². The average Bonchev–Trinajstić information content (AvgIpc) is 3.26. The van der Waals surface area contributed by atoms with Crippen LogP contribution in [0.4, 0.5) is 16.4 Å². The quantitative estimate of drug-likeness (QED) is 0.314. The Morgan fingerprint density at radius 3 is 2.55 bits per heavy atom. The molecule has 0 saturated carbocycles. The minimum absolute atomic E-state index is 0.0397. The molecule has 0 radical (unpaired) electrons. The van der Waals surface area contributed by atoms with Gasteiger partial charge in [-0.05, 0) is 37.1 Å². The lowest BCUT2D eigenvalue weighted by molar-refractivity contribution is -0.384. The molecule has 2 aromatic carbocycles. The highest BCUT2D eigenvalue weighted by molar-refractivity contribution is 5.85. The number of carbonyl (C=O) groups excluding carboxylic acids is 1. The van der Waals surface area contributed by atoms with E-state index in [0.29, 0.717) is 16.7 Å². The first-order chi connectivity index (χ1) is 15.8. The third-order valence-corrected chi connectivity index (χ3v) is 4.81. The zero-order valence-corrected chi connectivity index (χ0v) is 17.8. The highest BCUT2D eigenvalue weighted by Gasteiger charge is 2.27. The molecule has 33 heavy (non-hydrogen) atoms. The molecule has 0 aliphatic rings. The van der Waals surface area contributed by atoms with Crippen LogP contribution in [0.3, 0.4) is 0 Å². The van der Waals surface area contributed by atoms with E-state index in [2.05, 4.69) is 25.3 Å². The third kappa shape index (κ3) is 5.03. The molecule has 1 amide bonds. The largest absolute Gasteiger partial charge is 0.471 e. The molecule has 2 N–H and O–H groups in total. The molecule has 2 aromatic heterocycles. The lowest BCUT2D eigenvalue weighted by Crippen LogP contribution is -2.29. The van der Waals surface area contributed by atoms with Gasteiger partial charge in [-0.1, -0.05) is 30.3 Å². The second-order valence-corrected chi connectivity index (χ2v) is 7.56. The van der Waals surface area contributed by atoms with E-state index >= 15 is 0 Å². The average molecular weight is 448 g/mol. The predicted octanol–water partition coefficient (Wildman–Crippen LogP) is 4.32. The normalized spacial score (nSPS) is 11.2. The van der Waals surface area contributed by atoms with Crippen LogP contribution in [0.5, 0.6) is 5.88 Å². The van der Waals surface area contributed by atoms with Crippen LogP contribution in [0.2, 0.25) is 0 Å². The molecule has 4 aromatic rings. The van der Waals surface area contributed by atoms with E-state index < -0.39 is 16.6 Å². The van der Waals surface area contributed by atoms with Crippen LogP contribution in [0, 0.1) is 10.1 Å². The van der Waals surface area contributed by atoms with Gasteiger partial charge in [0.15, 0.2) is 5.65 Å². The molecule has 0 bridgehead atoms. The van der Waals surface area contributed by atoms with E-state index in [1.54, 1.807) is 13.8 Å². The van der Waals surface area contributed by atoms with E-state index in [1.807, 2.05) is 30.3 Å². The Balaban J connectivity index is 1.48. The lowest BCUT2D eigenvalue weighted by Gasteiger charge is -2.25. The summed E-state index contributed by atoms with van der Waals surface area (Å²) in [5.41, 5.74) is 1.22. The van der Waals surface area contributed by atoms with Crippen LogP contribution in [0.25, 0.3) is 11.2 Å². The van der Waals surface area contributed by atoms with E-state index in [-0.39, 0.29) is 24.1 Å². The summed E-state index contributed by atoms with van der Waals surface area (Å²) in [6, 6.07) is 15.3. The second kappa shape index (κ2) is 8.91. The number of nitrogens with zero attached hydrogens (tertiary/aromatic N) is 4. The summed E-state index contributed by atoms with van der Waals surface area (Å²) in [7, 11) is 0. The molecule has 11 heteroatoms. The fourth-order valence-electron chi connectivity index (χ4n) is 3.08. The third-order valence-electron chi connectivity index (χ3n) is 4.81. The molecule has 2 heterocycles. The van der Waals surface area contributed by atoms with Crippen LogP contribution in [-0.2, 0) is 16.9 Å². The van der Waals surface area contributed by atoms with Crippen molar-refractivity contribution in [3.63, 3.8) is 0 Å². The molecular formula is C22H20N6O5. The number of hydrogen-bond acceptors (Lipinski definition) is 8. The first-order valence-corrected chi connectivity index (χ1v) is 9.94. The Hall–Kier alpha value is -4.54. The van der Waals surface area contributed by atoms with Gasteiger partial charge >= 0.3 is 6.09 Å². The second-order valence-electron chi connectivity index (χ2n) is 7.56. The molecule has 0 aliphatic carbocycles. The number of imidazole rings is 1. The number of carbonyl (C=O) groups is 1. The van der Waals surface area contributed by atoms with Gasteiger partial charge in [-0.25, -0.2) is 9.78 Å². The Morgan fingerprint density at radius 1 is 1.12 bits per heavy atom. The lowest BCUT2D eigenvalue weighted by atomic mass is 9.98. The fourth-order valence-corrected chi connectivity index (χ4v) is 3.08. The predicted molar refractivity (Wildman–Crippen MR) is 119 cm³/mol. The van der Waals surface area contributed by atoms with Crippen molar-refractivity contribution < 1.29 is 19.2 Å². The van der Waals surface area contributed by atoms with Gasteiger partial charge in [0, 0.05) is 12.1 Å². The van der Waals surface area contributed by atoms with E-state index in [4.69, 9.17) is 9.47 Å². The van der Waals surface area contributed by atoms with Crippen molar-refractivity contribution >= 4 is 28.9 Å². The monoisotopic (exact) mass is 448 g/mol. The van der Waals surface area contributed by atoms with Crippen LogP contribution in [-0.4, -0.2) is 31.0 Å². The number of nitrogens with one attached hydrogen (secondary N) is 2. The summed E-state index contributed by atoms with van der Waals surface area (Å²) < 4.78 is 11.3. The first kappa shape index (κ1) is 21.7. The number of rotatable bonds is 7. The van der Waals surface area contributed by atoms with Gasteiger partial charge in [0.05, 0.1) is 11.3 Å². The topological polar surface area (TPSA) is 145 Å². The zero-order valence-electron chi connectivity index (χ0n) is 17.8. The Morgan fingerprint density at radius 2 is 1.85 bits per heavy atom. The molecular weight excluding hydrogens is 428 g/mol. The van der Waals surface area contributed by atoms with Crippen molar-refractivity contribution in [2.24, 2.45) is 0 Å². The maximum atomic E-state index is 12.6. The molecule has 4 rings (SSSR count). The number of ether oxygens (including phenoxy) is 2. The van der Waals surface area contributed by atoms with Crippen molar-refractivity contribution in [3.05, 3.63) is 82.2 Å². The Bertz CT molecular complexity index is 1290. The molecule has 0 saturated heterocycles. The number of anilines is 1. The first-order valence-electron chi connectivity index (χ1n) is 9.94. The standard InChI is InChI=1S/C22H20N6O5/c1-22(2,15-8-10-16(11-9-15)28(30)31)33-21(29)27-20-25-18-17(23-13-24-18)19(26-20)32-12-14-6-4-3-5-7-14/h3-11,13H,12H2,1-2H3,(H2,23,24,25,26,27,29). The van der Waals surface area contributed by atoms with Gasteiger partial charge in [0.1, 0.15) is 17.7 Å². The number of aromatic amines is 1. The van der Waals surface area contributed by atoms with E-state index in [1.165, 1.54) is 30.6 Å². The van der Waals surface area contributed by atoms with Gasteiger partial charge in [0.2, 0.25) is 11.8 Å². The summed E-state index contributed by atoms with van der Waals surface area (Å²) in [5, 5.41) is 13.3. The fraction of sp³-hybridized carbons (Fsp3) is 0.182. The number of amides is 1. The van der Waals surface area contributed by atoms with Crippen molar-refractivity contribution in [1.29, 1.82) is 0 Å². The van der Waals surface area contributed by atoms with Crippen LogP contribution < -0.4 is 10.1 Å². The number of nitro groups is 1. The number of benzene rings is 2. The number of aromatic nitrogens is 4. The molecule has 168 valence electrons. The van der Waals surface area contributed by atoms with Crippen molar-refractivity contribution in [3.8, 4) is 5.88 Å². The van der Waals surface area contributed by atoms with Gasteiger partial charge in [-0.15, -0.1) is 0 Å². The maximum absolute atomic E-state index is 12.6. The highest BCUT2D eigenvalue weighted by atomic mass is 16.6. The minimum atomic E-state index is -1.07. The molecule has 0 unspecified atom stereocenters. The Kier molecular flexibility index (Phi) is 5.85. The SMILES string of the molecule is CC(C)(OC(=O)Nc1nc(OCc2ccccc2)c2[nH]cnc2n1)c1ccc([N+](=O)[O-])cc1. The van der Waals surface area contributed by atoms with Crippen LogP contribution in [0.1, 0.15) is 25.0 Å². The zero-order chi connectivity index (χ0) is 23.4. The van der Waals surface area contributed by atoms with Crippen molar-refractivity contribution in [1.82, 2.24) is 19.9 Å². The van der Waals surface area contributed by atoms with Crippen molar-refractivity contribution in [2.75, 3.05) is 5.32 Å². The van der Waals surface area contributed by atoms with E-state index in [9.17, 15) is 14.9 Å². The minimum Gasteiger partial charge on any atom is -0.471 e. The van der Waals surface area contributed by atoms with Gasteiger partial charge in [-0.2, -0.15) is 9.97 Å². The summed E-state index contributed by atoms with van der Waals surface area (Å²) in [6.45, 7) is 3.60. The molecule has 0 aliphatic heterocycles. The molecule has 0 fully saturated rings. The molecule has 0 atom stereocenters. The summed E-state index contributed by atoms with van der Waals surface area (Å²) in [4.78, 5) is 38.4. The highest BCUT2D eigenvalue weighted by Crippen LogP contribution is 2.27. The number of H-pyrrole nitrogens is 1. The molecule has 0 spiro atoms. The Labute approximate surface area is 188 Å². The van der Waals surface area contributed by atoms with Gasteiger partial charge in [0.25, 0.3) is 5.69 Å². The molecule has 11 nitrogen and oxygen atoms in total. The van der Waals surface area contributed by atoms with Gasteiger partial charge in [-0.3, -0.25) is 15.4 Å². The van der Waals surface area contributed by atoms with Gasteiger partial charge < -0.3 is 14.5 Å². The number of hydrogen-bond donors (Lipinski definition) is 2.